The Morgan fingerprint density at radius 2 is 1.83 bits per heavy atom. The van der Waals surface area contributed by atoms with Crippen LogP contribution in [0.15, 0.2) is 0 Å². The van der Waals surface area contributed by atoms with E-state index in [2.05, 4.69) is 0 Å². The molecule has 5 radical (unpaired) electrons. The molecule has 1 aliphatic heterocycles. The van der Waals surface area contributed by atoms with Crippen molar-refractivity contribution in [1.82, 2.24) is 4.90 Å². The Morgan fingerprint density at radius 1 is 1.28 bits per heavy atom. The Kier molecular flexibility index (Phi) is 3.39. The molecule has 2 atom stereocenters. The highest BCUT2D eigenvalue weighted by Crippen LogP contribution is 2.36. The topological polar surface area (TPSA) is 46.6 Å². The summed E-state index contributed by atoms with van der Waals surface area (Å²) in [6.07, 6.45) is 6.87. The van der Waals surface area contributed by atoms with E-state index in [4.69, 9.17) is 4.74 Å². The van der Waals surface area contributed by atoms with Crippen molar-refractivity contribution in [2.45, 2.75) is 40.0 Å². The number of esters is 1. The van der Waals surface area contributed by atoms with Gasteiger partial charge in [0.25, 0.3) is 0 Å². The average molecular weight is 248 g/mol. The monoisotopic (exact) mass is 248 g/mol. The van der Waals surface area contributed by atoms with Crippen LogP contribution in [0.1, 0.15) is 27.7 Å². The summed E-state index contributed by atoms with van der Waals surface area (Å²) in [6, 6.07) is -0.531. The Hall–Kier alpha value is -1.06. The number of cyclic esters (lactones) is 1. The van der Waals surface area contributed by atoms with Crippen LogP contribution < -0.4 is 0 Å². The average Bonchev–Trinajstić information content (AvgIpc) is 2.86. The summed E-state index contributed by atoms with van der Waals surface area (Å²) in [5.74, 6) is 0.413. The van der Waals surface area contributed by atoms with E-state index in [1.165, 1.54) is 4.90 Å². The second-order valence-corrected chi connectivity index (χ2v) is 5.65. The summed E-state index contributed by atoms with van der Waals surface area (Å²) in [4.78, 5) is 25.7. The van der Waals surface area contributed by atoms with Gasteiger partial charge in [0.15, 0.2) is 6.23 Å². The van der Waals surface area contributed by atoms with Crippen molar-refractivity contribution in [3.8, 4) is 0 Å². The van der Waals surface area contributed by atoms with Gasteiger partial charge in [-0.25, -0.2) is 4.79 Å². The Bertz CT molecular complexity index is 353. The predicted molar refractivity (Wildman–Crippen MR) is 66.1 cm³/mol. The minimum atomic E-state index is -0.589. The van der Waals surface area contributed by atoms with E-state index in [0.29, 0.717) is 0 Å². The van der Waals surface area contributed by atoms with Gasteiger partial charge in [0, 0.05) is 11.3 Å². The molecule has 0 unspecified atom stereocenters. The molecule has 0 aromatic rings. The lowest BCUT2D eigenvalue weighted by molar-refractivity contribution is -0.145. The van der Waals surface area contributed by atoms with E-state index in [9.17, 15) is 9.59 Å². The van der Waals surface area contributed by atoms with Crippen LogP contribution in [0.5, 0.6) is 0 Å². The molecule has 0 spiro atoms. The van der Waals surface area contributed by atoms with E-state index < -0.39 is 17.7 Å². The summed E-state index contributed by atoms with van der Waals surface area (Å²) in [6.45, 7) is 7.22. The zero-order chi connectivity index (χ0) is 13.5. The van der Waals surface area contributed by atoms with Gasteiger partial charge >= 0.3 is 5.97 Å². The summed E-state index contributed by atoms with van der Waals surface area (Å²) in [5, 5.41) is 0. The van der Waals surface area contributed by atoms with Crippen molar-refractivity contribution >= 4 is 11.9 Å². The van der Waals surface area contributed by atoms with Crippen molar-refractivity contribution in [1.29, 1.82) is 0 Å². The zero-order valence-electron chi connectivity index (χ0n) is 11.1. The number of amides is 1. The van der Waals surface area contributed by atoms with Gasteiger partial charge in [0.1, 0.15) is 6.04 Å². The molecule has 1 saturated carbocycles. The van der Waals surface area contributed by atoms with Crippen LogP contribution in [0, 0.1) is 37.0 Å². The third-order valence-corrected chi connectivity index (χ3v) is 3.09. The van der Waals surface area contributed by atoms with E-state index in [1.54, 1.807) is 6.92 Å². The second kappa shape index (κ2) is 4.56. The number of hydrogen-bond acceptors (Lipinski definition) is 3. The van der Waals surface area contributed by atoms with Crippen molar-refractivity contribution in [2.75, 3.05) is 0 Å². The highest BCUT2D eigenvalue weighted by molar-refractivity contribution is 5.90. The smallest absolute Gasteiger partial charge is 0.330 e. The van der Waals surface area contributed by atoms with Crippen molar-refractivity contribution < 1.29 is 14.3 Å². The first-order valence-electron chi connectivity index (χ1n) is 6.07. The van der Waals surface area contributed by atoms with Gasteiger partial charge in [-0.1, -0.05) is 20.8 Å². The van der Waals surface area contributed by atoms with Gasteiger partial charge in [-0.15, -0.1) is 0 Å². The number of hydrogen-bond donors (Lipinski definition) is 0. The highest BCUT2D eigenvalue weighted by Gasteiger charge is 2.49. The second-order valence-electron chi connectivity index (χ2n) is 5.65. The first-order chi connectivity index (χ1) is 8.32. The fourth-order valence-corrected chi connectivity index (χ4v) is 2.03. The van der Waals surface area contributed by atoms with Crippen LogP contribution in [0.4, 0.5) is 0 Å². The molecule has 0 aromatic carbocycles. The molecule has 1 amide bonds. The van der Waals surface area contributed by atoms with E-state index >= 15 is 0 Å². The molecule has 97 valence electrons. The number of carbonyl (C=O) groups is 2. The zero-order valence-corrected chi connectivity index (χ0v) is 11.1. The van der Waals surface area contributed by atoms with Crippen molar-refractivity contribution in [2.24, 2.45) is 5.41 Å². The fourth-order valence-electron chi connectivity index (χ4n) is 2.03. The molecular weight excluding hydrogens is 230 g/mol. The molecule has 0 bridgehead atoms. The molecule has 0 N–H and O–H groups in total. The van der Waals surface area contributed by atoms with Gasteiger partial charge in [-0.05, 0) is 32.6 Å². The van der Waals surface area contributed by atoms with Crippen LogP contribution in [-0.4, -0.2) is 29.0 Å². The van der Waals surface area contributed by atoms with Crippen LogP contribution in [0.25, 0.3) is 0 Å². The van der Waals surface area contributed by atoms with Crippen LogP contribution >= 0.6 is 0 Å². The van der Waals surface area contributed by atoms with E-state index in [0.717, 1.165) is 5.92 Å². The Morgan fingerprint density at radius 3 is 2.33 bits per heavy atom. The molecule has 4 nitrogen and oxygen atoms in total. The van der Waals surface area contributed by atoms with Gasteiger partial charge in [-0.3, -0.25) is 9.69 Å². The third kappa shape index (κ3) is 2.25. The standard InChI is InChI=1S/C14H18NO3/c1-9-12(16)18-11(10-7-5-6-8-10)15(9)13(17)14(2,3)4/h5-9,11H,1-4H3/t9-,11+/m0/s1. The lowest BCUT2D eigenvalue weighted by atomic mass is 9.93. The number of nitrogens with zero attached hydrogens (tertiary/aromatic N) is 1. The molecule has 2 aliphatic rings. The van der Waals surface area contributed by atoms with Gasteiger partial charge < -0.3 is 4.74 Å². The number of rotatable bonds is 1. The number of ether oxygens (including phenoxy) is 1. The Balaban J connectivity index is 2.22. The number of carbonyl (C=O) groups excluding carboxylic acids is 2. The highest BCUT2D eigenvalue weighted by atomic mass is 16.6. The van der Waals surface area contributed by atoms with Gasteiger partial charge in [0.05, 0.1) is 0 Å². The third-order valence-electron chi connectivity index (χ3n) is 3.09. The largest absolute Gasteiger partial charge is 0.439 e. The normalized spacial score (nSPS) is 29.8. The molecule has 0 aromatic heterocycles. The van der Waals surface area contributed by atoms with Crippen molar-refractivity contribution in [3.05, 3.63) is 31.6 Å². The first-order valence-corrected chi connectivity index (χ1v) is 6.07. The maximum atomic E-state index is 12.4. The van der Waals surface area contributed by atoms with Crippen LogP contribution in [-0.2, 0) is 14.3 Å². The molecule has 1 aliphatic carbocycles. The molecule has 2 fully saturated rings. The van der Waals surface area contributed by atoms with Gasteiger partial charge in [0.2, 0.25) is 5.91 Å². The quantitative estimate of drug-likeness (QED) is 0.661. The van der Waals surface area contributed by atoms with Crippen LogP contribution in [0.2, 0.25) is 0 Å². The summed E-state index contributed by atoms with van der Waals surface area (Å²) >= 11 is 0. The minimum Gasteiger partial charge on any atom is -0.439 e. The first kappa shape index (κ1) is 13.4. The van der Waals surface area contributed by atoms with Crippen LogP contribution in [0.3, 0.4) is 0 Å². The lowest BCUT2D eigenvalue weighted by Gasteiger charge is -2.32. The molecule has 1 heterocycles. The van der Waals surface area contributed by atoms with E-state index in [-0.39, 0.29) is 11.9 Å². The Labute approximate surface area is 109 Å². The SMILES string of the molecule is C[C@H]1C(=O)O[C@H]([C]2[CH][CH][CH][CH]2)N1C(=O)C(C)(C)C. The molecule has 4 heteroatoms. The summed E-state index contributed by atoms with van der Waals surface area (Å²) in [5.41, 5.74) is -0.535. The predicted octanol–water partition coefficient (Wildman–Crippen LogP) is 1.54. The summed E-state index contributed by atoms with van der Waals surface area (Å²) < 4.78 is 5.31. The maximum Gasteiger partial charge on any atom is 0.330 e. The molecule has 18 heavy (non-hydrogen) atoms. The van der Waals surface area contributed by atoms with Crippen molar-refractivity contribution in [3.63, 3.8) is 0 Å². The molecule has 1 saturated heterocycles. The molecular formula is C14H18NO3. The summed E-state index contributed by atoms with van der Waals surface area (Å²) in [7, 11) is 0. The fraction of sp³-hybridized carbons (Fsp3) is 0.500. The lowest BCUT2D eigenvalue weighted by Crippen LogP contribution is -2.48. The van der Waals surface area contributed by atoms with Gasteiger partial charge in [-0.2, -0.15) is 0 Å². The van der Waals surface area contributed by atoms with E-state index in [1.807, 2.05) is 46.5 Å². The minimum absolute atomic E-state index is 0.0768. The maximum absolute atomic E-state index is 12.4. The molecule has 2 rings (SSSR count).